The van der Waals surface area contributed by atoms with Gasteiger partial charge in [-0.05, 0) is 23.5 Å². The number of nitrogens with one attached hydrogen (secondary N) is 1. The van der Waals surface area contributed by atoms with Gasteiger partial charge in [0.25, 0.3) is 0 Å². The van der Waals surface area contributed by atoms with Crippen LogP contribution in [0.15, 0.2) is 48.6 Å². The molecule has 1 fully saturated rings. The summed E-state index contributed by atoms with van der Waals surface area (Å²) in [5.41, 5.74) is 3.06. The molecule has 1 N–H and O–H groups in total. The van der Waals surface area contributed by atoms with Gasteiger partial charge in [0.15, 0.2) is 0 Å². The summed E-state index contributed by atoms with van der Waals surface area (Å²) in [6, 6.07) is 10.0. The van der Waals surface area contributed by atoms with Crippen LogP contribution in [0.3, 0.4) is 0 Å². The van der Waals surface area contributed by atoms with E-state index in [9.17, 15) is 0 Å². The molecule has 1 heteroatoms. The molecule has 0 aromatic heterocycles. The number of allylic oxidation sites excluding steroid dienone is 3. The van der Waals surface area contributed by atoms with Crippen LogP contribution in [0.1, 0.15) is 29.6 Å². The van der Waals surface area contributed by atoms with Gasteiger partial charge in [-0.1, -0.05) is 48.6 Å². The Bertz CT molecular complexity index is 486. The lowest BCUT2D eigenvalue weighted by atomic mass is 9.78. The summed E-state index contributed by atoms with van der Waals surface area (Å²) in [7, 11) is 0. The van der Waals surface area contributed by atoms with Gasteiger partial charge in [-0.3, -0.25) is 0 Å². The van der Waals surface area contributed by atoms with Crippen molar-refractivity contribution in [3.8, 4) is 0 Å². The highest BCUT2D eigenvalue weighted by Gasteiger charge is 2.42. The monoisotopic (exact) mass is 209 g/mol. The summed E-state index contributed by atoms with van der Waals surface area (Å²) in [5.74, 6) is 1.39. The molecule has 3 aliphatic rings. The molecule has 80 valence electrons. The molecule has 0 radical (unpaired) electrons. The maximum atomic E-state index is 3.77. The van der Waals surface area contributed by atoms with E-state index in [1.54, 1.807) is 0 Å². The van der Waals surface area contributed by atoms with Crippen molar-refractivity contribution in [2.24, 2.45) is 11.8 Å². The molecular formula is C15H15N. The molecule has 16 heavy (non-hydrogen) atoms. The molecule has 4 rings (SSSR count). The number of hydrogen-bond donors (Lipinski definition) is 1. The second-order valence-electron chi connectivity index (χ2n) is 5.07. The van der Waals surface area contributed by atoms with E-state index in [1.165, 1.54) is 17.5 Å². The third-order valence-electron chi connectivity index (χ3n) is 4.28. The van der Waals surface area contributed by atoms with E-state index in [1.807, 2.05) is 0 Å². The van der Waals surface area contributed by atoms with Crippen LogP contribution in [-0.4, -0.2) is 0 Å². The van der Waals surface area contributed by atoms with Crippen LogP contribution in [0.4, 0.5) is 0 Å². The highest BCUT2D eigenvalue weighted by Crippen LogP contribution is 2.49. The first-order chi connectivity index (χ1) is 7.93. The average molecular weight is 209 g/mol. The fraction of sp³-hybridized carbons (Fsp3) is 0.333. The van der Waals surface area contributed by atoms with E-state index in [-0.39, 0.29) is 0 Å². The van der Waals surface area contributed by atoms with Gasteiger partial charge in [0.05, 0.1) is 0 Å². The molecule has 4 atom stereocenters. The predicted molar refractivity (Wildman–Crippen MR) is 64.9 cm³/mol. The lowest BCUT2D eigenvalue weighted by Gasteiger charge is -2.36. The van der Waals surface area contributed by atoms with Crippen molar-refractivity contribution in [1.82, 2.24) is 5.32 Å². The first-order valence-corrected chi connectivity index (χ1v) is 6.13. The van der Waals surface area contributed by atoms with Crippen molar-refractivity contribution in [3.63, 3.8) is 0 Å². The van der Waals surface area contributed by atoms with E-state index in [0.717, 1.165) is 5.92 Å². The molecule has 4 unspecified atom stereocenters. The third-order valence-corrected chi connectivity index (χ3v) is 4.28. The molecule has 1 saturated heterocycles. The summed E-state index contributed by atoms with van der Waals surface area (Å²) in [6.45, 7) is 0. The van der Waals surface area contributed by atoms with Gasteiger partial charge >= 0.3 is 0 Å². The van der Waals surface area contributed by atoms with Gasteiger partial charge in [0.2, 0.25) is 0 Å². The Balaban J connectivity index is 1.85. The zero-order valence-corrected chi connectivity index (χ0v) is 9.14. The van der Waals surface area contributed by atoms with E-state index in [4.69, 9.17) is 0 Å². The second-order valence-corrected chi connectivity index (χ2v) is 5.07. The predicted octanol–water partition coefficient (Wildman–Crippen LogP) is 3.13. The minimum absolute atomic E-state index is 0.543. The van der Waals surface area contributed by atoms with Gasteiger partial charge in [0, 0.05) is 18.0 Å². The topological polar surface area (TPSA) is 12.0 Å². The molecule has 2 heterocycles. The number of fused-ring (bicyclic) bond motifs is 7. The molecule has 2 bridgehead atoms. The van der Waals surface area contributed by atoms with Gasteiger partial charge < -0.3 is 5.32 Å². The van der Waals surface area contributed by atoms with Gasteiger partial charge in [-0.15, -0.1) is 0 Å². The lowest BCUT2D eigenvalue weighted by molar-refractivity contribution is 0.245. The number of piperidine rings is 1. The van der Waals surface area contributed by atoms with Crippen LogP contribution < -0.4 is 5.32 Å². The lowest BCUT2D eigenvalue weighted by Crippen LogP contribution is -2.35. The first kappa shape index (κ1) is 8.77. The van der Waals surface area contributed by atoms with Crippen molar-refractivity contribution >= 4 is 0 Å². The zero-order valence-electron chi connectivity index (χ0n) is 9.14. The second kappa shape index (κ2) is 3.08. The Morgan fingerprint density at radius 3 is 2.75 bits per heavy atom. The standard InChI is InChI=1S/C15H15N/c1-2-6-11-10(5-1)9-14-12-7-3-4-8-13(12)15(11)16-14/h1-8,10-11,14-16H,9H2. The minimum Gasteiger partial charge on any atom is -0.302 e. The van der Waals surface area contributed by atoms with Crippen LogP contribution in [0.25, 0.3) is 0 Å². The SMILES string of the molecule is C1=CC2CC3NC(c4ccccc43)C2C=C1. The van der Waals surface area contributed by atoms with Crippen LogP contribution >= 0.6 is 0 Å². The van der Waals surface area contributed by atoms with Crippen LogP contribution in [0.2, 0.25) is 0 Å². The van der Waals surface area contributed by atoms with E-state index >= 15 is 0 Å². The number of benzene rings is 1. The smallest absolute Gasteiger partial charge is 0.0397 e. The molecule has 2 aliphatic heterocycles. The molecule has 1 aromatic rings. The van der Waals surface area contributed by atoms with Crippen LogP contribution in [-0.2, 0) is 0 Å². The molecule has 1 nitrogen and oxygen atoms in total. The van der Waals surface area contributed by atoms with Gasteiger partial charge in [-0.2, -0.15) is 0 Å². The van der Waals surface area contributed by atoms with Crippen molar-refractivity contribution in [3.05, 3.63) is 59.7 Å². The van der Waals surface area contributed by atoms with Crippen LogP contribution in [0, 0.1) is 11.8 Å². The van der Waals surface area contributed by atoms with Crippen molar-refractivity contribution in [1.29, 1.82) is 0 Å². The summed E-state index contributed by atoms with van der Waals surface area (Å²) in [4.78, 5) is 0. The molecule has 0 amide bonds. The Kier molecular flexibility index (Phi) is 1.69. The normalized spacial score (nSPS) is 38.2. The molecular weight excluding hydrogens is 194 g/mol. The Hall–Kier alpha value is -1.34. The number of hydrogen-bond acceptors (Lipinski definition) is 1. The highest BCUT2D eigenvalue weighted by molar-refractivity contribution is 5.41. The van der Waals surface area contributed by atoms with Crippen LogP contribution in [0.5, 0.6) is 0 Å². The van der Waals surface area contributed by atoms with E-state index in [2.05, 4.69) is 53.9 Å². The molecule has 1 aromatic carbocycles. The Morgan fingerprint density at radius 1 is 1.00 bits per heavy atom. The largest absolute Gasteiger partial charge is 0.302 e. The Labute approximate surface area is 95.9 Å². The van der Waals surface area contributed by atoms with Crippen molar-refractivity contribution in [2.75, 3.05) is 0 Å². The number of rotatable bonds is 0. The maximum absolute atomic E-state index is 3.77. The molecule has 0 saturated carbocycles. The quantitative estimate of drug-likeness (QED) is 0.692. The maximum Gasteiger partial charge on any atom is 0.0397 e. The highest BCUT2D eigenvalue weighted by atomic mass is 15.0. The Morgan fingerprint density at radius 2 is 1.81 bits per heavy atom. The van der Waals surface area contributed by atoms with Crippen molar-refractivity contribution in [2.45, 2.75) is 18.5 Å². The van der Waals surface area contributed by atoms with Gasteiger partial charge in [-0.25, -0.2) is 0 Å². The first-order valence-electron chi connectivity index (χ1n) is 6.13. The van der Waals surface area contributed by atoms with Gasteiger partial charge in [0.1, 0.15) is 0 Å². The van der Waals surface area contributed by atoms with E-state index < -0.39 is 0 Å². The molecule has 1 aliphatic carbocycles. The van der Waals surface area contributed by atoms with Crippen molar-refractivity contribution < 1.29 is 0 Å². The third kappa shape index (κ3) is 1.04. The average Bonchev–Trinajstić information content (AvgIpc) is 2.65. The zero-order chi connectivity index (χ0) is 10.5. The summed E-state index contributed by atoms with van der Waals surface area (Å²) >= 11 is 0. The summed E-state index contributed by atoms with van der Waals surface area (Å²) < 4.78 is 0. The fourth-order valence-electron chi connectivity index (χ4n) is 3.56. The fourth-order valence-corrected chi connectivity index (χ4v) is 3.56. The van der Waals surface area contributed by atoms with E-state index in [0.29, 0.717) is 18.0 Å². The molecule has 0 spiro atoms. The summed E-state index contributed by atoms with van der Waals surface area (Å²) in [5, 5.41) is 3.77. The minimum atomic E-state index is 0.543. The summed E-state index contributed by atoms with van der Waals surface area (Å²) in [6.07, 6.45) is 10.4.